The van der Waals surface area contributed by atoms with Crippen LogP contribution in [0.3, 0.4) is 0 Å². The largest absolute Gasteiger partial charge is 0.490 e. The van der Waals surface area contributed by atoms with E-state index in [9.17, 15) is 14.4 Å². The Morgan fingerprint density at radius 1 is 0.929 bits per heavy atom. The molecule has 0 radical (unpaired) electrons. The highest BCUT2D eigenvalue weighted by molar-refractivity contribution is 5.91. The van der Waals surface area contributed by atoms with Crippen LogP contribution in [0.15, 0.2) is 48.5 Å². The summed E-state index contributed by atoms with van der Waals surface area (Å²) in [7, 11) is 0. The molecule has 0 heterocycles. The fourth-order valence-electron chi connectivity index (χ4n) is 2.58. The molecule has 146 valence electrons. The predicted molar refractivity (Wildman–Crippen MR) is 98.5 cm³/mol. The minimum atomic E-state index is -1.05. The van der Waals surface area contributed by atoms with E-state index in [1.165, 1.54) is 24.3 Å². The molecule has 0 aromatic heterocycles. The molecule has 7 heteroatoms. The topological polar surface area (TPSA) is 99.1 Å². The van der Waals surface area contributed by atoms with Gasteiger partial charge in [-0.3, -0.25) is 4.79 Å². The molecule has 2 unspecified atom stereocenters. The highest BCUT2D eigenvalue weighted by Gasteiger charge is 2.40. The van der Waals surface area contributed by atoms with E-state index in [0.29, 0.717) is 17.2 Å². The van der Waals surface area contributed by atoms with Crippen LogP contribution in [0.2, 0.25) is 0 Å². The first-order chi connectivity index (χ1) is 13.4. The summed E-state index contributed by atoms with van der Waals surface area (Å²) in [5.41, 5.74) is 0.433. The van der Waals surface area contributed by atoms with Gasteiger partial charge in [0.25, 0.3) is 0 Å². The molecule has 1 fully saturated rings. The second-order valence-corrected chi connectivity index (χ2v) is 6.58. The summed E-state index contributed by atoms with van der Waals surface area (Å²) in [5.74, 6) is -0.556. The zero-order chi connectivity index (χ0) is 20.1. The number of aromatic carboxylic acids is 1. The third kappa shape index (κ3) is 5.09. The average Bonchev–Trinajstić information content (AvgIpc) is 3.42. The molecule has 1 saturated carbocycles. The molecule has 1 N–H and O–H groups in total. The first-order valence-electron chi connectivity index (χ1n) is 8.89. The van der Waals surface area contributed by atoms with Gasteiger partial charge in [0.2, 0.25) is 0 Å². The number of rotatable bonds is 8. The fraction of sp³-hybridized carbons (Fsp3) is 0.286. The molecule has 7 nitrogen and oxygen atoms in total. The van der Waals surface area contributed by atoms with E-state index in [1.54, 1.807) is 24.3 Å². The highest BCUT2D eigenvalue weighted by atomic mass is 16.6. The zero-order valence-electron chi connectivity index (χ0n) is 15.3. The molecule has 3 rings (SSSR count). The number of benzene rings is 2. The Balaban J connectivity index is 1.44. The van der Waals surface area contributed by atoms with Crippen molar-refractivity contribution in [3.63, 3.8) is 0 Å². The van der Waals surface area contributed by atoms with Gasteiger partial charge in [-0.05, 0) is 60.9 Å². The van der Waals surface area contributed by atoms with Gasteiger partial charge in [-0.25, -0.2) is 9.59 Å². The molecule has 28 heavy (non-hydrogen) atoms. The molecule has 0 amide bonds. The normalized spacial score (nSPS) is 17.5. The van der Waals surface area contributed by atoms with E-state index in [-0.39, 0.29) is 36.4 Å². The summed E-state index contributed by atoms with van der Waals surface area (Å²) in [6.45, 7) is 2.42. The Labute approximate surface area is 161 Å². The van der Waals surface area contributed by atoms with Crippen LogP contribution in [0.1, 0.15) is 34.1 Å². The van der Waals surface area contributed by atoms with Crippen LogP contribution >= 0.6 is 0 Å². The fourth-order valence-corrected chi connectivity index (χ4v) is 2.58. The third-order valence-electron chi connectivity index (χ3n) is 4.41. The minimum absolute atomic E-state index is 0.0330. The van der Waals surface area contributed by atoms with Gasteiger partial charge in [0.15, 0.2) is 0 Å². The maximum absolute atomic E-state index is 12.1. The number of carboxylic acids is 1. The number of carbonyl (C=O) groups is 3. The molecular weight excluding hydrogens is 364 g/mol. The standard InChI is InChI=1S/C21H20O7/c1-13-12-18(13)21(25)27-11-10-26-16-6-4-15(5-7-16)20(24)28-17-8-2-14(3-9-17)19(22)23/h2-9,13,18H,10-12H2,1H3,(H,22,23). The van der Waals surface area contributed by atoms with Gasteiger partial charge < -0.3 is 19.3 Å². The average molecular weight is 384 g/mol. The molecule has 0 saturated heterocycles. The lowest BCUT2D eigenvalue weighted by Crippen LogP contribution is -2.14. The molecule has 2 atom stereocenters. The van der Waals surface area contributed by atoms with Gasteiger partial charge in [0.1, 0.15) is 24.7 Å². The number of hydrogen-bond acceptors (Lipinski definition) is 6. The molecule has 0 aliphatic heterocycles. The van der Waals surface area contributed by atoms with Crippen molar-refractivity contribution in [3.05, 3.63) is 59.7 Å². The molecule has 0 spiro atoms. The van der Waals surface area contributed by atoms with Crippen LogP contribution in [0, 0.1) is 11.8 Å². The van der Waals surface area contributed by atoms with Gasteiger partial charge in [-0.15, -0.1) is 0 Å². The van der Waals surface area contributed by atoms with Crippen molar-refractivity contribution in [1.82, 2.24) is 0 Å². The first kappa shape index (κ1) is 19.4. The van der Waals surface area contributed by atoms with E-state index in [4.69, 9.17) is 19.3 Å². The summed E-state index contributed by atoms with van der Waals surface area (Å²) >= 11 is 0. The van der Waals surface area contributed by atoms with Crippen molar-refractivity contribution < 1.29 is 33.7 Å². The first-order valence-corrected chi connectivity index (χ1v) is 8.89. The van der Waals surface area contributed by atoms with Crippen molar-refractivity contribution >= 4 is 17.9 Å². The van der Waals surface area contributed by atoms with Crippen LogP contribution in [0.4, 0.5) is 0 Å². The second-order valence-electron chi connectivity index (χ2n) is 6.58. The third-order valence-corrected chi connectivity index (χ3v) is 4.41. The summed E-state index contributed by atoms with van der Waals surface area (Å²) in [6.07, 6.45) is 0.890. The smallest absolute Gasteiger partial charge is 0.343 e. The molecule has 0 bridgehead atoms. The lowest BCUT2D eigenvalue weighted by molar-refractivity contribution is -0.146. The summed E-state index contributed by atoms with van der Waals surface area (Å²) < 4.78 is 15.8. The molecule has 1 aliphatic rings. The van der Waals surface area contributed by atoms with Gasteiger partial charge in [0, 0.05) is 0 Å². The van der Waals surface area contributed by atoms with E-state index in [1.807, 2.05) is 6.92 Å². The molecular formula is C21H20O7. The second kappa shape index (κ2) is 8.56. The Morgan fingerprint density at radius 2 is 1.50 bits per heavy atom. The summed E-state index contributed by atoms with van der Waals surface area (Å²) in [6, 6.07) is 11.9. The van der Waals surface area contributed by atoms with Crippen molar-refractivity contribution in [1.29, 1.82) is 0 Å². The van der Waals surface area contributed by atoms with E-state index in [2.05, 4.69) is 0 Å². The monoisotopic (exact) mass is 384 g/mol. The van der Waals surface area contributed by atoms with Crippen molar-refractivity contribution in [2.24, 2.45) is 11.8 Å². The van der Waals surface area contributed by atoms with Crippen LogP contribution in [0.25, 0.3) is 0 Å². The zero-order valence-corrected chi connectivity index (χ0v) is 15.3. The van der Waals surface area contributed by atoms with E-state index in [0.717, 1.165) is 6.42 Å². The molecule has 2 aromatic carbocycles. The molecule has 2 aromatic rings. The van der Waals surface area contributed by atoms with Crippen LogP contribution < -0.4 is 9.47 Å². The maximum atomic E-state index is 12.1. The van der Waals surface area contributed by atoms with E-state index >= 15 is 0 Å². The van der Waals surface area contributed by atoms with Crippen molar-refractivity contribution in [2.45, 2.75) is 13.3 Å². The summed E-state index contributed by atoms with van der Waals surface area (Å²) in [5, 5.41) is 8.86. The Morgan fingerprint density at radius 3 is 2.07 bits per heavy atom. The number of esters is 2. The minimum Gasteiger partial charge on any atom is -0.490 e. The lowest BCUT2D eigenvalue weighted by Gasteiger charge is -2.08. The number of ether oxygens (including phenoxy) is 3. The Bertz CT molecular complexity index is 855. The lowest BCUT2D eigenvalue weighted by atomic mass is 10.2. The van der Waals surface area contributed by atoms with Gasteiger partial charge in [-0.1, -0.05) is 6.92 Å². The quantitative estimate of drug-likeness (QED) is 0.424. The summed E-state index contributed by atoms with van der Waals surface area (Å²) in [4.78, 5) is 34.5. The van der Waals surface area contributed by atoms with Crippen LogP contribution in [-0.2, 0) is 9.53 Å². The number of carbonyl (C=O) groups excluding carboxylic acids is 2. The van der Waals surface area contributed by atoms with Gasteiger partial charge >= 0.3 is 17.9 Å². The van der Waals surface area contributed by atoms with Crippen molar-refractivity contribution in [2.75, 3.05) is 13.2 Å². The maximum Gasteiger partial charge on any atom is 0.343 e. The molecule has 1 aliphatic carbocycles. The van der Waals surface area contributed by atoms with Crippen LogP contribution in [-0.4, -0.2) is 36.2 Å². The highest BCUT2D eigenvalue weighted by Crippen LogP contribution is 2.38. The number of hydrogen-bond donors (Lipinski definition) is 1. The predicted octanol–water partition coefficient (Wildman–Crippen LogP) is 3.18. The Hall–Kier alpha value is -3.35. The number of carboxylic acid groups (broad SMARTS) is 1. The SMILES string of the molecule is CC1CC1C(=O)OCCOc1ccc(C(=O)Oc2ccc(C(=O)O)cc2)cc1. The van der Waals surface area contributed by atoms with Crippen LogP contribution in [0.5, 0.6) is 11.5 Å². The van der Waals surface area contributed by atoms with Gasteiger partial charge in [0.05, 0.1) is 17.0 Å². The van der Waals surface area contributed by atoms with Gasteiger partial charge in [-0.2, -0.15) is 0 Å². The Kier molecular flexibility index (Phi) is 5.93. The van der Waals surface area contributed by atoms with E-state index < -0.39 is 11.9 Å². The van der Waals surface area contributed by atoms with Crippen molar-refractivity contribution in [3.8, 4) is 11.5 Å².